The number of sulfone groups is 1. The Balaban J connectivity index is 1.45. The molecule has 0 radical (unpaired) electrons. The van der Waals surface area contributed by atoms with Gasteiger partial charge in [0.1, 0.15) is 24.4 Å². The monoisotopic (exact) mass is 1150 g/mol. The number of hydrogen-bond donors (Lipinski definition) is 3. The molecule has 0 saturated heterocycles. The van der Waals surface area contributed by atoms with Crippen molar-refractivity contribution in [3.8, 4) is 17.6 Å². The summed E-state index contributed by atoms with van der Waals surface area (Å²) in [6, 6.07) is 7.49. The van der Waals surface area contributed by atoms with E-state index in [0.717, 1.165) is 6.26 Å². The number of unbranched alkanes of at least 4 members (excludes halogenated alkanes) is 1. The number of amides is 4. The summed E-state index contributed by atoms with van der Waals surface area (Å²) in [6.07, 6.45) is 3.26. The first-order valence-corrected chi connectivity index (χ1v) is 27.7. The van der Waals surface area contributed by atoms with Crippen molar-refractivity contribution in [1.29, 1.82) is 0 Å². The van der Waals surface area contributed by atoms with Crippen molar-refractivity contribution in [2.75, 3.05) is 125 Å². The zero-order valence-corrected chi connectivity index (χ0v) is 47.0. The molecule has 442 valence electrons. The highest BCUT2D eigenvalue weighted by Crippen LogP contribution is 2.22. The predicted octanol–water partition coefficient (Wildman–Crippen LogP) is 3.42. The van der Waals surface area contributed by atoms with Gasteiger partial charge in [-0.05, 0) is 54.7 Å². The van der Waals surface area contributed by atoms with Crippen LogP contribution in [-0.4, -0.2) is 190 Å². The number of nitro benzene ring substituents is 1. The first kappa shape index (κ1) is 67.5. The van der Waals surface area contributed by atoms with Crippen molar-refractivity contribution >= 4 is 51.0 Å². The number of rotatable bonds is 40. The fourth-order valence-corrected chi connectivity index (χ4v) is 7.11. The number of nitrogens with one attached hydrogen (secondary N) is 3. The molecule has 2 atom stereocenters. The van der Waals surface area contributed by atoms with Gasteiger partial charge in [0, 0.05) is 70.0 Å². The number of anilines is 1. The highest BCUT2D eigenvalue weighted by atomic mass is 32.2. The van der Waals surface area contributed by atoms with Crippen LogP contribution in [0.5, 0.6) is 5.75 Å². The van der Waals surface area contributed by atoms with Crippen molar-refractivity contribution in [3.63, 3.8) is 0 Å². The molecule has 26 nitrogen and oxygen atoms in total. The van der Waals surface area contributed by atoms with Crippen LogP contribution >= 0.6 is 0 Å². The van der Waals surface area contributed by atoms with Crippen LogP contribution in [-0.2, 0) is 84.8 Å². The van der Waals surface area contributed by atoms with E-state index >= 15 is 0 Å². The van der Waals surface area contributed by atoms with Gasteiger partial charge in [0.15, 0.2) is 0 Å². The third kappa shape index (κ3) is 28.9. The zero-order chi connectivity index (χ0) is 58.5. The van der Waals surface area contributed by atoms with Gasteiger partial charge < -0.3 is 68.2 Å². The molecule has 0 fully saturated rings. The molecule has 0 unspecified atom stereocenters. The number of aromatic nitrogens is 2. The minimum Gasteiger partial charge on any atom is -0.429 e. The van der Waals surface area contributed by atoms with Gasteiger partial charge in [0.25, 0.3) is 5.69 Å². The lowest BCUT2D eigenvalue weighted by Crippen LogP contribution is -2.53. The van der Waals surface area contributed by atoms with Gasteiger partial charge >= 0.3 is 6.16 Å². The van der Waals surface area contributed by atoms with E-state index < -0.39 is 50.7 Å². The summed E-state index contributed by atoms with van der Waals surface area (Å²) in [6.45, 7) is 10.7. The molecule has 0 aliphatic rings. The molecular formula is C53H75N7O19S. The van der Waals surface area contributed by atoms with Gasteiger partial charge in [-0.25, -0.2) is 23.2 Å². The molecule has 80 heavy (non-hydrogen) atoms. The molecule has 2 aromatic carbocycles. The van der Waals surface area contributed by atoms with Gasteiger partial charge in [0.2, 0.25) is 38.6 Å². The van der Waals surface area contributed by atoms with E-state index in [1.165, 1.54) is 48.5 Å². The van der Waals surface area contributed by atoms with Crippen molar-refractivity contribution in [3.05, 3.63) is 81.7 Å². The second-order valence-electron chi connectivity index (χ2n) is 17.8. The summed E-state index contributed by atoms with van der Waals surface area (Å²) < 4.78 is 77.0. The average Bonchev–Trinajstić information content (AvgIpc) is 3.44. The van der Waals surface area contributed by atoms with Crippen LogP contribution in [0, 0.1) is 27.9 Å². The van der Waals surface area contributed by atoms with Gasteiger partial charge in [-0.1, -0.05) is 31.8 Å². The topological polar surface area (TPSA) is 320 Å². The lowest BCUT2D eigenvalue weighted by atomic mass is 10.0. The Bertz CT molecular complexity index is 2550. The Morgan fingerprint density at radius 1 is 0.713 bits per heavy atom. The minimum absolute atomic E-state index is 0.00771. The molecule has 1 heterocycles. The first-order valence-electron chi connectivity index (χ1n) is 25.8. The van der Waals surface area contributed by atoms with Crippen LogP contribution in [0.15, 0.2) is 60.0 Å². The second kappa shape index (κ2) is 38.8. The van der Waals surface area contributed by atoms with Crippen LogP contribution < -0.4 is 20.7 Å². The van der Waals surface area contributed by atoms with Crippen LogP contribution in [0.1, 0.15) is 63.1 Å². The maximum Gasteiger partial charge on any atom is 0.514 e. The van der Waals surface area contributed by atoms with E-state index in [1.807, 2.05) is 0 Å². The lowest BCUT2D eigenvalue weighted by molar-refractivity contribution is -0.384. The van der Waals surface area contributed by atoms with Crippen LogP contribution in [0.2, 0.25) is 0 Å². The van der Waals surface area contributed by atoms with Gasteiger partial charge in [-0.15, -0.1) is 0 Å². The third-order valence-electron chi connectivity index (χ3n) is 10.9. The van der Waals surface area contributed by atoms with Gasteiger partial charge in [0.05, 0.1) is 116 Å². The van der Waals surface area contributed by atoms with Crippen LogP contribution in [0.25, 0.3) is 0 Å². The molecule has 3 N–H and O–H groups in total. The smallest absolute Gasteiger partial charge is 0.429 e. The average molecular weight is 1150 g/mol. The third-order valence-corrected chi connectivity index (χ3v) is 11.8. The number of nitro groups is 1. The molecule has 4 amide bonds. The van der Waals surface area contributed by atoms with E-state index in [-0.39, 0.29) is 79.9 Å². The highest BCUT2D eigenvalue weighted by Gasteiger charge is 2.27. The Labute approximate surface area is 466 Å². The Hall–Kier alpha value is -6.74. The van der Waals surface area contributed by atoms with Crippen molar-refractivity contribution in [2.45, 2.75) is 76.8 Å². The molecular weight excluding hydrogens is 1070 g/mol. The number of nitrogens with zero attached hydrogens (tertiary/aromatic N) is 4. The fourth-order valence-electron chi connectivity index (χ4n) is 6.62. The van der Waals surface area contributed by atoms with Crippen LogP contribution in [0.4, 0.5) is 16.2 Å². The van der Waals surface area contributed by atoms with E-state index in [2.05, 4.69) is 37.8 Å². The molecule has 3 rings (SSSR count). The van der Waals surface area contributed by atoms with Crippen molar-refractivity contribution in [2.24, 2.45) is 5.92 Å². The fraction of sp³-hybridized carbons (Fsp3) is 0.566. The van der Waals surface area contributed by atoms with E-state index in [4.69, 9.17) is 47.4 Å². The molecule has 0 aliphatic heterocycles. The number of methoxy groups -OCH3 is 1. The highest BCUT2D eigenvalue weighted by molar-refractivity contribution is 7.90. The molecule has 0 saturated carbocycles. The zero-order valence-electron chi connectivity index (χ0n) is 46.2. The normalized spacial score (nSPS) is 11.9. The maximum absolute atomic E-state index is 13.5. The number of ether oxygens (including phenoxy) is 10. The van der Waals surface area contributed by atoms with E-state index in [9.17, 15) is 42.5 Å². The van der Waals surface area contributed by atoms with E-state index in [0.29, 0.717) is 109 Å². The summed E-state index contributed by atoms with van der Waals surface area (Å²) in [4.78, 5) is 85.1. The summed E-state index contributed by atoms with van der Waals surface area (Å²) in [5.41, 5.74) is 1.43. The Kier molecular flexibility index (Phi) is 32.7. The number of benzene rings is 2. The number of carbonyl (C=O) groups excluding carboxylic acids is 5. The first-order chi connectivity index (χ1) is 38.4. The molecule has 3 aromatic rings. The largest absolute Gasteiger partial charge is 0.514 e. The van der Waals surface area contributed by atoms with E-state index in [1.54, 1.807) is 46.2 Å². The summed E-state index contributed by atoms with van der Waals surface area (Å²) in [5, 5.41) is 18.9. The predicted molar refractivity (Wildman–Crippen MR) is 288 cm³/mol. The molecule has 0 bridgehead atoms. The van der Waals surface area contributed by atoms with Crippen LogP contribution in [0.3, 0.4) is 0 Å². The number of carbonyl (C=O) groups is 5. The minimum atomic E-state index is -3.55. The molecule has 0 aliphatic carbocycles. The number of non-ortho nitro benzene ring substituents is 1. The summed E-state index contributed by atoms with van der Waals surface area (Å²) >= 11 is 0. The standard InChI is InChI=1S/C53H75N7O19S/c1-39(2)49(58-47(61)11-9-7-8-10-41-35-54-52(55-36-41)80(6,68)69)51(64)56-40(3)50(63)57-44-13-12-42(38-78-53(65)79-46-16-14-45(15-17-46)60(66)67)43(34-44)37-59(4)48(62)18-19-71-22-23-73-26-27-75-30-31-77-33-32-76-29-28-74-25-24-72-21-20-70-5/h12-17,34-36,39-40,49H,7,9,11,18-33,37-38H2,1-6H3,(H,56,64)(H,57,63)(H,58,61)/t40-,49-/m0/s1. The van der Waals surface area contributed by atoms with Gasteiger partial charge in [-0.3, -0.25) is 29.3 Å². The summed E-state index contributed by atoms with van der Waals surface area (Å²) in [5.74, 6) is 3.50. The van der Waals surface area contributed by atoms with Crippen molar-refractivity contribution < 1.29 is 84.7 Å². The number of hydrogen-bond acceptors (Lipinski definition) is 21. The Morgan fingerprint density at radius 3 is 1.76 bits per heavy atom. The lowest BCUT2D eigenvalue weighted by Gasteiger charge is -2.24. The maximum atomic E-state index is 13.5. The quantitative estimate of drug-likeness (QED) is 0.0140. The second-order valence-corrected chi connectivity index (χ2v) is 19.8. The SMILES string of the molecule is COCCOCCOCCOCCOCCOCCOCCOCCC(=O)N(C)Cc1cc(NC(=O)[C@H](C)NC(=O)[C@@H](NC(=O)CCCC#Cc2cnc(S(C)(=O)=O)nc2)C(C)C)ccc1COC(=O)Oc1ccc([N+](=O)[O-])cc1. The molecule has 1 aromatic heterocycles. The molecule has 27 heteroatoms. The Morgan fingerprint density at radius 2 is 1.25 bits per heavy atom. The van der Waals surface area contributed by atoms with Gasteiger partial charge in [-0.2, -0.15) is 0 Å². The molecule has 0 spiro atoms. The summed E-state index contributed by atoms with van der Waals surface area (Å²) in [7, 11) is -0.356. The van der Waals surface area contributed by atoms with Crippen molar-refractivity contribution in [1.82, 2.24) is 25.5 Å².